The van der Waals surface area contributed by atoms with Gasteiger partial charge in [-0.2, -0.15) is 0 Å². The van der Waals surface area contributed by atoms with E-state index in [4.69, 9.17) is 14.6 Å². The van der Waals surface area contributed by atoms with Crippen molar-refractivity contribution in [1.29, 1.82) is 0 Å². The summed E-state index contributed by atoms with van der Waals surface area (Å²) < 4.78 is 9.67. The summed E-state index contributed by atoms with van der Waals surface area (Å²) in [4.78, 5) is 65.5. The molecular weight excluding hydrogens is 388 g/mol. The van der Waals surface area contributed by atoms with Crippen LogP contribution in [0.3, 0.4) is 0 Å². The van der Waals surface area contributed by atoms with Crippen molar-refractivity contribution in [3.05, 3.63) is 12.7 Å². The Balaban J connectivity index is 2.07. The minimum absolute atomic E-state index is 0.119. The van der Waals surface area contributed by atoms with Crippen LogP contribution in [0, 0.1) is 11.8 Å². The third kappa shape index (κ3) is 10.3. The molecule has 1 fully saturated rings. The first kappa shape index (κ1) is 24.1. The molecule has 29 heavy (non-hydrogen) atoms. The molecule has 0 unspecified atom stereocenters. The van der Waals surface area contributed by atoms with Gasteiger partial charge in [-0.25, -0.2) is 24.2 Å². The van der Waals surface area contributed by atoms with E-state index in [2.05, 4.69) is 16.4 Å². The van der Waals surface area contributed by atoms with Gasteiger partial charge in [-0.1, -0.05) is 6.58 Å². The van der Waals surface area contributed by atoms with Gasteiger partial charge >= 0.3 is 29.8 Å². The Morgan fingerprint density at radius 2 is 1.38 bits per heavy atom. The number of esters is 2. The second-order valence-electron chi connectivity index (χ2n) is 6.54. The zero-order chi connectivity index (χ0) is 21.6. The Labute approximate surface area is 168 Å². The van der Waals surface area contributed by atoms with Gasteiger partial charge in [0.15, 0.2) is 0 Å². The Bertz CT molecular complexity index is 604. The molecule has 0 aliphatic heterocycles. The Hall–Kier alpha value is -2.91. The van der Waals surface area contributed by atoms with Crippen LogP contribution in [0.4, 0.5) is 0 Å². The summed E-state index contributed by atoms with van der Waals surface area (Å²) in [6.45, 7) is 3.57. The average molecular weight is 414 g/mol. The molecule has 0 aromatic carbocycles. The highest BCUT2D eigenvalue weighted by Crippen LogP contribution is 2.29. The maximum atomic E-state index is 11.8. The van der Waals surface area contributed by atoms with E-state index in [1.54, 1.807) is 0 Å². The fourth-order valence-electron chi connectivity index (χ4n) is 2.67. The summed E-state index contributed by atoms with van der Waals surface area (Å²) in [6, 6.07) is 0. The number of hydrogen-bond acceptors (Lipinski definition) is 9. The van der Waals surface area contributed by atoms with Gasteiger partial charge in [0, 0.05) is 6.08 Å². The van der Waals surface area contributed by atoms with E-state index in [0.29, 0.717) is 38.5 Å². The van der Waals surface area contributed by atoms with Gasteiger partial charge in [-0.3, -0.25) is 9.59 Å². The van der Waals surface area contributed by atoms with Crippen LogP contribution < -0.4 is 0 Å². The lowest BCUT2D eigenvalue weighted by molar-refractivity contribution is -0.263. The highest BCUT2D eigenvalue weighted by Gasteiger charge is 2.31. The second-order valence-corrected chi connectivity index (χ2v) is 6.54. The lowest BCUT2D eigenvalue weighted by Crippen LogP contribution is -2.27. The molecule has 10 nitrogen and oxygen atoms in total. The molecular formula is C19H26O10. The topological polar surface area (TPSA) is 142 Å². The van der Waals surface area contributed by atoms with E-state index in [1.165, 1.54) is 0 Å². The summed E-state index contributed by atoms with van der Waals surface area (Å²) in [5, 5.41) is 8.92. The highest BCUT2D eigenvalue weighted by molar-refractivity contribution is 5.81. The number of hydrogen-bond donors (Lipinski definition) is 1. The minimum atomic E-state index is -0.883. The van der Waals surface area contributed by atoms with Crippen LogP contribution in [0.5, 0.6) is 0 Å². The molecule has 0 aromatic rings. The van der Waals surface area contributed by atoms with Gasteiger partial charge in [-0.15, -0.1) is 0 Å². The number of ether oxygens (including phenoxy) is 2. The van der Waals surface area contributed by atoms with Crippen molar-refractivity contribution in [1.82, 2.24) is 0 Å². The van der Waals surface area contributed by atoms with Crippen LogP contribution in [-0.2, 0) is 43.2 Å². The number of carbonyl (C=O) groups is 5. The zero-order valence-corrected chi connectivity index (χ0v) is 16.1. The molecule has 0 radical (unpaired) electrons. The standard InChI is InChI=1S/C19H26O10/c1-2-15(20)26-11-3-4-12-27-16(21)9-10-17(22)28-29-19(25)14-7-5-13(6-8-14)18(23)24/h2,13-14H,1,3-12H2,(H,23,24). The second kappa shape index (κ2) is 13.3. The van der Waals surface area contributed by atoms with Crippen LogP contribution in [-0.4, -0.2) is 48.2 Å². The summed E-state index contributed by atoms with van der Waals surface area (Å²) in [5.41, 5.74) is 0. The van der Waals surface area contributed by atoms with Gasteiger partial charge in [0.05, 0.1) is 37.9 Å². The zero-order valence-electron chi connectivity index (χ0n) is 16.1. The molecule has 0 saturated heterocycles. The first-order chi connectivity index (χ1) is 13.8. The van der Waals surface area contributed by atoms with Crippen LogP contribution in [0.1, 0.15) is 51.4 Å². The van der Waals surface area contributed by atoms with Gasteiger partial charge in [0.25, 0.3) is 0 Å². The number of carboxylic acids is 1. The van der Waals surface area contributed by atoms with Crippen molar-refractivity contribution in [3.63, 3.8) is 0 Å². The first-order valence-corrected chi connectivity index (χ1v) is 9.42. The summed E-state index contributed by atoms with van der Waals surface area (Å²) in [5.74, 6) is -4.58. The number of unbranched alkanes of at least 4 members (excludes halogenated alkanes) is 1. The van der Waals surface area contributed by atoms with Crippen LogP contribution in [0.25, 0.3) is 0 Å². The molecule has 1 N–H and O–H groups in total. The Kier molecular flexibility index (Phi) is 11.1. The number of aliphatic carboxylic acids is 1. The molecule has 0 heterocycles. The van der Waals surface area contributed by atoms with Crippen molar-refractivity contribution in [2.45, 2.75) is 51.4 Å². The normalized spacial score (nSPS) is 18.2. The molecule has 1 aliphatic rings. The Morgan fingerprint density at radius 1 is 0.828 bits per heavy atom. The van der Waals surface area contributed by atoms with E-state index in [0.717, 1.165) is 6.08 Å². The molecule has 1 saturated carbocycles. The fourth-order valence-corrected chi connectivity index (χ4v) is 2.67. The van der Waals surface area contributed by atoms with E-state index in [-0.39, 0.29) is 26.1 Å². The third-order valence-corrected chi connectivity index (χ3v) is 4.37. The van der Waals surface area contributed by atoms with Gasteiger partial charge in [-0.05, 0) is 38.5 Å². The quantitative estimate of drug-likeness (QED) is 0.174. The van der Waals surface area contributed by atoms with Crippen molar-refractivity contribution >= 4 is 29.8 Å². The van der Waals surface area contributed by atoms with Gasteiger partial charge in [0.2, 0.25) is 0 Å². The summed E-state index contributed by atoms with van der Waals surface area (Å²) >= 11 is 0. The molecule has 10 heteroatoms. The maximum Gasteiger partial charge on any atom is 0.358 e. The molecule has 0 amide bonds. The van der Waals surface area contributed by atoms with Crippen LogP contribution in [0.2, 0.25) is 0 Å². The molecule has 1 aliphatic carbocycles. The molecule has 0 spiro atoms. The highest BCUT2D eigenvalue weighted by atomic mass is 17.2. The summed E-state index contributed by atoms with van der Waals surface area (Å²) in [7, 11) is 0. The van der Waals surface area contributed by atoms with Crippen LogP contribution in [0.15, 0.2) is 12.7 Å². The average Bonchev–Trinajstić information content (AvgIpc) is 2.72. The number of rotatable bonds is 11. The van der Waals surface area contributed by atoms with Gasteiger partial charge in [0.1, 0.15) is 0 Å². The molecule has 162 valence electrons. The van der Waals surface area contributed by atoms with Crippen molar-refractivity contribution in [2.75, 3.05) is 13.2 Å². The molecule has 1 rings (SSSR count). The van der Waals surface area contributed by atoms with Crippen LogP contribution >= 0.6 is 0 Å². The van der Waals surface area contributed by atoms with Gasteiger partial charge < -0.3 is 14.6 Å². The van der Waals surface area contributed by atoms with Crippen molar-refractivity contribution in [2.24, 2.45) is 11.8 Å². The lowest BCUT2D eigenvalue weighted by atomic mass is 9.82. The first-order valence-electron chi connectivity index (χ1n) is 9.42. The third-order valence-electron chi connectivity index (χ3n) is 4.37. The number of carboxylic acid groups (broad SMARTS) is 1. The van der Waals surface area contributed by atoms with E-state index < -0.39 is 41.7 Å². The monoisotopic (exact) mass is 414 g/mol. The van der Waals surface area contributed by atoms with Crippen molar-refractivity contribution < 1.29 is 48.3 Å². The van der Waals surface area contributed by atoms with E-state index in [9.17, 15) is 24.0 Å². The maximum absolute atomic E-state index is 11.8. The van der Waals surface area contributed by atoms with Crippen molar-refractivity contribution in [3.8, 4) is 0 Å². The fraction of sp³-hybridized carbons (Fsp3) is 0.632. The number of carbonyl (C=O) groups excluding carboxylic acids is 4. The van der Waals surface area contributed by atoms with E-state index in [1.807, 2.05) is 0 Å². The Morgan fingerprint density at radius 3 is 1.97 bits per heavy atom. The minimum Gasteiger partial charge on any atom is -0.481 e. The van der Waals surface area contributed by atoms with E-state index >= 15 is 0 Å². The predicted molar refractivity (Wildman–Crippen MR) is 95.9 cm³/mol. The SMILES string of the molecule is C=CC(=O)OCCCCOC(=O)CCC(=O)OOC(=O)C1CCC(C(=O)O)CC1. The molecule has 0 aromatic heterocycles. The molecule has 0 bridgehead atoms. The lowest BCUT2D eigenvalue weighted by Gasteiger charge is -2.23. The largest absolute Gasteiger partial charge is 0.481 e. The predicted octanol–water partition coefficient (Wildman–Crippen LogP) is 1.71. The smallest absolute Gasteiger partial charge is 0.358 e. The summed E-state index contributed by atoms with van der Waals surface area (Å²) in [6.07, 6.45) is 2.96. The molecule has 0 atom stereocenters.